The molecule has 1 atom stereocenters. The molecule has 2 aromatic heterocycles. The molecule has 2 aliphatic rings. The third-order valence-corrected chi connectivity index (χ3v) is 7.38. The molecule has 1 aliphatic carbocycles. The molecule has 0 N–H and O–H groups in total. The average Bonchev–Trinajstić information content (AvgIpc) is 3.50. The Morgan fingerprint density at radius 2 is 1.91 bits per heavy atom. The van der Waals surface area contributed by atoms with Crippen molar-refractivity contribution in [3.05, 3.63) is 97.1 Å². The molecule has 5 rings (SSSR count). The minimum atomic E-state index is -0.496. The first-order valence-electron chi connectivity index (χ1n) is 11.1. The molecule has 0 saturated heterocycles. The van der Waals surface area contributed by atoms with Gasteiger partial charge in [-0.2, -0.15) is 5.26 Å². The van der Waals surface area contributed by atoms with Gasteiger partial charge in [-0.05, 0) is 62.6 Å². The number of benzene rings is 1. The van der Waals surface area contributed by atoms with Crippen molar-refractivity contribution in [3.8, 4) is 6.07 Å². The molecule has 0 bridgehead atoms. The highest BCUT2D eigenvalue weighted by Crippen LogP contribution is 2.51. The molecule has 1 aliphatic heterocycles. The maximum atomic E-state index is 13.4. The molecule has 8 heteroatoms. The first-order valence-corrected chi connectivity index (χ1v) is 11.9. The van der Waals surface area contributed by atoms with E-state index in [9.17, 15) is 20.2 Å². The Hall–Kier alpha value is -3.96. The summed E-state index contributed by atoms with van der Waals surface area (Å²) in [5.74, 6) is 0.0324. The minimum Gasteiger partial charge on any atom is -0.309 e. The van der Waals surface area contributed by atoms with Gasteiger partial charge in [0, 0.05) is 45.9 Å². The van der Waals surface area contributed by atoms with Crippen LogP contribution in [0, 0.1) is 35.3 Å². The van der Waals surface area contributed by atoms with Crippen LogP contribution in [0.2, 0.25) is 0 Å². The fraction of sp³-hybridized carbons (Fsp3) is 0.231. The maximum Gasteiger partial charge on any atom is 0.293 e. The number of nitro benzene ring substituents is 1. The van der Waals surface area contributed by atoms with E-state index in [1.165, 1.54) is 6.07 Å². The molecular formula is C26H22N4O3S. The van der Waals surface area contributed by atoms with Crippen molar-refractivity contribution in [2.45, 2.75) is 39.0 Å². The number of hydrogen-bond donors (Lipinski definition) is 0. The molecule has 0 amide bonds. The molecule has 0 radical (unpaired) electrons. The van der Waals surface area contributed by atoms with Crippen LogP contribution in [0.5, 0.6) is 0 Å². The van der Waals surface area contributed by atoms with Gasteiger partial charge in [-0.1, -0.05) is 6.07 Å². The fourth-order valence-corrected chi connectivity index (χ4v) is 5.89. The third-order valence-electron chi connectivity index (χ3n) is 6.31. The van der Waals surface area contributed by atoms with Crippen molar-refractivity contribution in [1.82, 2.24) is 4.57 Å². The van der Waals surface area contributed by atoms with E-state index in [-0.39, 0.29) is 11.5 Å². The highest BCUT2D eigenvalue weighted by molar-refractivity contribution is 7.12. The molecule has 3 aromatic rings. The van der Waals surface area contributed by atoms with Gasteiger partial charge in [-0.25, -0.2) is 0 Å². The lowest BCUT2D eigenvalue weighted by Gasteiger charge is -2.40. The second-order valence-electron chi connectivity index (χ2n) is 8.54. The summed E-state index contributed by atoms with van der Waals surface area (Å²) in [6, 6.07) is 15.1. The number of carbonyl (C=O) groups excluding carboxylic acids is 1. The van der Waals surface area contributed by atoms with E-state index in [1.54, 1.807) is 29.2 Å². The Labute approximate surface area is 201 Å². The van der Waals surface area contributed by atoms with E-state index in [4.69, 9.17) is 0 Å². The van der Waals surface area contributed by atoms with Gasteiger partial charge < -0.3 is 4.57 Å². The van der Waals surface area contributed by atoms with Crippen LogP contribution in [0.3, 0.4) is 0 Å². The van der Waals surface area contributed by atoms with E-state index in [0.29, 0.717) is 41.9 Å². The third kappa shape index (κ3) is 3.45. The molecule has 0 spiro atoms. The van der Waals surface area contributed by atoms with E-state index in [0.717, 1.165) is 21.0 Å². The highest BCUT2D eigenvalue weighted by atomic mass is 32.1. The van der Waals surface area contributed by atoms with Gasteiger partial charge in [0.1, 0.15) is 11.5 Å². The topological polar surface area (TPSA) is 92.2 Å². The number of nitro groups is 1. The lowest BCUT2D eigenvalue weighted by Crippen LogP contribution is -2.36. The SMILES string of the molecule is Cc1ccc(N2C3=C(C(=O)CCC3)[C@@H](c3ccc(C)s3)C(C#N)=C2n2cccc2)c([N+](=O)[O-])c1. The van der Waals surface area contributed by atoms with Crippen molar-refractivity contribution in [3.63, 3.8) is 0 Å². The lowest BCUT2D eigenvalue weighted by molar-refractivity contribution is -0.384. The number of carbonyl (C=O) groups is 1. The molecule has 0 saturated carbocycles. The largest absolute Gasteiger partial charge is 0.309 e. The molecule has 34 heavy (non-hydrogen) atoms. The van der Waals surface area contributed by atoms with Crippen LogP contribution >= 0.6 is 11.3 Å². The lowest BCUT2D eigenvalue weighted by atomic mass is 9.78. The number of hydrogen-bond acceptors (Lipinski definition) is 6. The van der Waals surface area contributed by atoms with Crippen LogP contribution in [0.4, 0.5) is 11.4 Å². The van der Waals surface area contributed by atoms with Gasteiger partial charge >= 0.3 is 0 Å². The average molecular weight is 471 g/mol. The number of aromatic nitrogens is 1. The van der Waals surface area contributed by atoms with E-state index < -0.39 is 10.8 Å². The fourth-order valence-electron chi connectivity index (χ4n) is 4.89. The van der Waals surface area contributed by atoms with E-state index in [1.807, 2.05) is 54.2 Å². The first kappa shape index (κ1) is 21.9. The zero-order chi connectivity index (χ0) is 24.0. The van der Waals surface area contributed by atoms with Crippen LogP contribution in [-0.4, -0.2) is 15.3 Å². The predicted molar refractivity (Wildman–Crippen MR) is 131 cm³/mol. The summed E-state index contributed by atoms with van der Waals surface area (Å²) in [5, 5.41) is 22.5. The van der Waals surface area contributed by atoms with Crippen LogP contribution in [0.15, 0.2) is 71.7 Å². The monoisotopic (exact) mass is 470 g/mol. The number of rotatable bonds is 4. The zero-order valence-corrected chi connectivity index (χ0v) is 19.6. The number of Topliss-reactive ketones (excluding diaryl/α,β-unsaturated/α-hetero) is 1. The van der Waals surface area contributed by atoms with Crippen molar-refractivity contribution < 1.29 is 9.72 Å². The van der Waals surface area contributed by atoms with Gasteiger partial charge in [-0.15, -0.1) is 11.3 Å². The van der Waals surface area contributed by atoms with Crippen molar-refractivity contribution in [1.29, 1.82) is 5.26 Å². The summed E-state index contributed by atoms with van der Waals surface area (Å²) in [6.07, 6.45) is 5.31. The van der Waals surface area contributed by atoms with Crippen LogP contribution in [0.1, 0.15) is 40.5 Å². The summed E-state index contributed by atoms with van der Waals surface area (Å²) in [4.78, 5) is 28.9. The van der Waals surface area contributed by atoms with E-state index in [2.05, 4.69) is 6.07 Å². The zero-order valence-electron chi connectivity index (χ0n) is 18.8. The van der Waals surface area contributed by atoms with Crippen molar-refractivity contribution >= 4 is 34.3 Å². The number of nitriles is 1. The van der Waals surface area contributed by atoms with Gasteiger partial charge in [0.05, 0.1) is 22.5 Å². The maximum absolute atomic E-state index is 13.4. The molecule has 170 valence electrons. The van der Waals surface area contributed by atoms with Crippen LogP contribution in [-0.2, 0) is 4.79 Å². The van der Waals surface area contributed by atoms with Crippen LogP contribution in [0.25, 0.3) is 5.82 Å². The van der Waals surface area contributed by atoms with Crippen molar-refractivity contribution in [2.24, 2.45) is 0 Å². The standard InChI is InChI=1S/C26H22N4O3S/c1-16-8-10-19(21(14-16)30(32)33)29-20-6-5-7-22(31)25(20)24(23-11-9-17(2)34-23)18(15-27)26(29)28-12-3-4-13-28/h3-4,8-14,24H,5-7H2,1-2H3/t24-/m1/s1. The number of nitrogens with zero attached hydrogens (tertiary/aromatic N) is 4. The summed E-state index contributed by atoms with van der Waals surface area (Å²) < 4.78 is 1.82. The summed E-state index contributed by atoms with van der Waals surface area (Å²) >= 11 is 1.57. The van der Waals surface area contributed by atoms with Crippen molar-refractivity contribution in [2.75, 3.05) is 4.90 Å². The predicted octanol–water partition coefficient (Wildman–Crippen LogP) is 6.08. The Morgan fingerprint density at radius 3 is 2.56 bits per heavy atom. The Morgan fingerprint density at radius 1 is 1.15 bits per heavy atom. The Kier molecular flexibility index (Phi) is 5.42. The summed E-state index contributed by atoms with van der Waals surface area (Å²) in [5.41, 5.74) is 2.78. The molecule has 0 fully saturated rings. The normalized spacial score (nSPS) is 18.2. The molecule has 1 aromatic carbocycles. The molecule has 7 nitrogen and oxygen atoms in total. The van der Waals surface area contributed by atoms with Crippen LogP contribution < -0.4 is 4.90 Å². The van der Waals surface area contributed by atoms with Gasteiger partial charge in [0.15, 0.2) is 5.78 Å². The second kappa shape index (κ2) is 8.43. The molecule has 3 heterocycles. The number of ketones is 1. The minimum absolute atomic E-state index is 0.00336. The Bertz CT molecular complexity index is 1420. The quantitative estimate of drug-likeness (QED) is 0.340. The number of allylic oxidation sites excluding steroid dienone is 3. The summed E-state index contributed by atoms with van der Waals surface area (Å²) in [6.45, 7) is 3.81. The number of anilines is 1. The molecule has 0 unspecified atom stereocenters. The number of thiophene rings is 1. The van der Waals surface area contributed by atoms with Gasteiger partial charge in [0.2, 0.25) is 0 Å². The Balaban J connectivity index is 1.88. The highest BCUT2D eigenvalue weighted by Gasteiger charge is 2.43. The number of aryl methyl sites for hydroxylation is 2. The van der Waals surface area contributed by atoms with Gasteiger partial charge in [-0.3, -0.25) is 19.8 Å². The molecular weight excluding hydrogens is 448 g/mol. The second-order valence-corrected chi connectivity index (χ2v) is 9.86. The first-order chi connectivity index (χ1) is 16.4. The van der Waals surface area contributed by atoms with E-state index >= 15 is 0 Å². The van der Waals surface area contributed by atoms with Gasteiger partial charge in [0.25, 0.3) is 5.69 Å². The summed E-state index contributed by atoms with van der Waals surface area (Å²) in [7, 11) is 0. The smallest absolute Gasteiger partial charge is 0.293 e.